The van der Waals surface area contributed by atoms with E-state index in [-0.39, 0.29) is 17.8 Å². The minimum absolute atomic E-state index is 0.0700. The molecule has 6 nitrogen and oxygen atoms in total. The quantitative estimate of drug-likeness (QED) is 0.367. The summed E-state index contributed by atoms with van der Waals surface area (Å²) in [5.74, 6) is 0.215. The van der Waals surface area contributed by atoms with Crippen molar-refractivity contribution >= 4 is 11.7 Å². The van der Waals surface area contributed by atoms with Gasteiger partial charge in [-0.3, -0.25) is 4.79 Å². The summed E-state index contributed by atoms with van der Waals surface area (Å²) in [6, 6.07) is 7.43. The van der Waals surface area contributed by atoms with E-state index < -0.39 is 0 Å². The lowest BCUT2D eigenvalue weighted by molar-refractivity contribution is -0.134. The summed E-state index contributed by atoms with van der Waals surface area (Å²) in [7, 11) is 2.07. The lowest BCUT2D eigenvalue weighted by Crippen LogP contribution is -2.53. The molecule has 114 valence electrons. The fourth-order valence-corrected chi connectivity index (χ4v) is 2.64. The molecule has 21 heavy (non-hydrogen) atoms. The second-order valence-electron chi connectivity index (χ2n) is 5.56. The Morgan fingerprint density at radius 1 is 1.38 bits per heavy atom. The molecular formula is C15H22N4O2. The minimum atomic E-state index is 0.0700. The van der Waals surface area contributed by atoms with Gasteiger partial charge in [0.25, 0.3) is 0 Å². The van der Waals surface area contributed by atoms with Gasteiger partial charge in [0.2, 0.25) is 5.91 Å². The Morgan fingerprint density at radius 2 is 2.05 bits per heavy atom. The van der Waals surface area contributed by atoms with Crippen molar-refractivity contribution in [1.82, 2.24) is 9.80 Å². The van der Waals surface area contributed by atoms with Gasteiger partial charge in [-0.15, -0.1) is 0 Å². The van der Waals surface area contributed by atoms with Crippen LogP contribution < -0.4 is 5.73 Å². The van der Waals surface area contributed by atoms with E-state index in [4.69, 9.17) is 10.9 Å². The smallest absolute Gasteiger partial charge is 0.227 e. The van der Waals surface area contributed by atoms with E-state index >= 15 is 0 Å². The van der Waals surface area contributed by atoms with Crippen molar-refractivity contribution in [3.8, 4) is 0 Å². The van der Waals surface area contributed by atoms with Crippen LogP contribution in [0.25, 0.3) is 0 Å². The molecule has 1 unspecified atom stereocenters. The molecule has 2 rings (SSSR count). The van der Waals surface area contributed by atoms with Crippen LogP contribution in [0, 0.1) is 0 Å². The van der Waals surface area contributed by atoms with Crippen molar-refractivity contribution in [2.75, 3.05) is 26.7 Å². The number of benzene rings is 1. The van der Waals surface area contributed by atoms with Gasteiger partial charge in [0, 0.05) is 31.2 Å². The van der Waals surface area contributed by atoms with E-state index in [0.29, 0.717) is 12.0 Å². The molecule has 1 heterocycles. The van der Waals surface area contributed by atoms with Crippen LogP contribution in [0.5, 0.6) is 0 Å². The fraction of sp³-hybridized carbons (Fsp3) is 0.467. The highest BCUT2D eigenvalue weighted by Gasteiger charge is 2.25. The monoisotopic (exact) mass is 290 g/mol. The van der Waals surface area contributed by atoms with Crippen LogP contribution in [-0.4, -0.2) is 59.5 Å². The molecule has 1 aromatic rings. The van der Waals surface area contributed by atoms with Crippen molar-refractivity contribution < 1.29 is 10.0 Å². The average molecular weight is 290 g/mol. The number of likely N-dealkylation sites (N-methyl/N-ethyl adjacent to an activating group) is 1. The molecule has 1 amide bonds. The summed E-state index contributed by atoms with van der Waals surface area (Å²) < 4.78 is 0. The molecule has 0 radical (unpaired) electrons. The van der Waals surface area contributed by atoms with Crippen molar-refractivity contribution in [1.29, 1.82) is 0 Å². The largest absolute Gasteiger partial charge is 0.409 e. The van der Waals surface area contributed by atoms with Crippen LogP contribution in [0.3, 0.4) is 0 Å². The first-order valence-electron chi connectivity index (χ1n) is 7.06. The van der Waals surface area contributed by atoms with Gasteiger partial charge in [0.15, 0.2) is 5.84 Å². The van der Waals surface area contributed by atoms with Crippen molar-refractivity contribution in [2.24, 2.45) is 10.9 Å². The van der Waals surface area contributed by atoms with E-state index in [9.17, 15) is 4.79 Å². The number of hydrogen-bond acceptors (Lipinski definition) is 4. The first kappa shape index (κ1) is 15.3. The van der Waals surface area contributed by atoms with Gasteiger partial charge in [-0.2, -0.15) is 0 Å². The maximum Gasteiger partial charge on any atom is 0.227 e. The van der Waals surface area contributed by atoms with Crippen molar-refractivity contribution in [3.05, 3.63) is 35.4 Å². The first-order chi connectivity index (χ1) is 10.0. The van der Waals surface area contributed by atoms with E-state index in [1.165, 1.54) is 0 Å². The molecule has 0 aromatic heterocycles. The van der Waals surface area contributed by atoms with Crippen LogP contribution in [-0.2, 0) is 11.2 Å². The molecule has 1 aliphatic rings. The van der Waals surface area contributed by atoms with Gasteiger partial charge in [0.05, 0.1) is 6.42 Å². The van der Waals surface area contributed by atoms with Gasteiger partial charge < -0.3 is 20.7 Å². The first-order valence-corrected chi connectivity index (χ1v) is 7.06. The predicted molar refractivity (Wildman–Crippen MR) is 81.3 cm³/mol. The number of oxime groups is 1. The second-order valence-corrected chi connectivity index (χ2v) is 5.56. The van der Waals surface area contributed by atoms with E-state index in [2.05, 4.69) is 24.0 Å². The third kappa shape index (κ3) is 3.72. The van der Waals surface area contributed by atoms with Crippen LogP contribution >= 0.6 is 0 Å². The predicted octanol–water partition coefficient (Wildman–Crippen LogP) is 0.486. The van der Waals surface area contributed by atoms with Gasteiger partial charge in [-0.1, -0.05) is 29.4 Å². The van der Waals surface area contributed by atoms with Gasteiger partial charge in [-0.25, -0.2) is 0 Å². The zero-order chi connectivity index (χ0) is 15.4. The Labute approximate surface area is 124 Å². The van der Waals surface area contributed by atoms with E-state index in [1.54, 1.807) is 12.1 Å². The van der Waals surface area contributed by atoms with E-state index in [0.717, 1.165) is 25.2 Å². The summed E-state index contributed by atoms with van der Waals surface area (Å²) in [5, 5.41) is 11.6. The standard InChI is InChI=1S/C15H22N4O2/c1-11-10-18(2)7-8-19(11)14(20)9-12-3-5-13(6-4-12)15(16)17-21/h3-6,11,21H,7-10H2,1-2H3,(H2,16,17). The Kier molecular flexibility index (Phi) is 4.80. The van der Waals surface area contributed by atoms with Crippen LogP contribution in [0.1, 0.15) is 18.1 Å². The number of hydrogen-bond donors (Lipinski definition) is 2. The molecule has 1 aromatic carbocycles. The third-order valence-corrected chi connectivity index (χ3v) is 3.86. The molecular weight excluding hydrogens is 268 g/mol. The Hall–Kier alpha value is -2.08. The highest BCUT2D eigenvalue weighted by Crippen LogP contribution is 2.12. The van der Waals surface area contributed by atoms with Gasteiger partial charge in [0.1, 0.15) is 0 Å². The highest BCUT2D eigenvalue weighted by atomic mass is 16.4. The summed E-state index contributed by atoms with van der Waals surface area (Å²) in [4.78, 5) is 16.6. The molecule has 0 saturated carbocycles. The summed E-state index contributed by atoms with van der Waals surface area (Å²) in [6.45, 7) is 4.68. The number of carbonyl (C=O) groups excluding carboxylic acids is 1. The molecule has 1 atom stereocenters. The highest BCUT2D eigenvalue weighted by molar-refractivity contribution is 5.97. The lowest BCUT2D eigenvalue weighted by atomic mass is 10.1. The third-order valence-electron chi connectivity index (χ3n) is 3.86. The fourth-order valence-electron chi connectivity index (χ4n) is 2.64. The number of piperazine rings is 1. The van der Waals surface area contributed by atoms with Crippen LogP contribution in [0.2, 0.25) is 0 Å². The van der Waals surface area contributed by atoms with Crippen LogP contribution in [0.15, 0.2) is 29.4 Å². The molecule has 1 fully saturated rings. The Bertz CT molecular complexity index is 527. The zero-order valence-corrected chi connectivity index (χ0v) is 12.5. The molecule has 1 saturated heterocycles. The number of amides is 1. The molecule has 0 spiro atoms. The minimum Gasteiger partial charge on any atom is -0.409 e. The number of amidine groups is 1. The zero-order valence-electron chi connectivity index (χ0n) is 12.5. The van der Waals surface area contributed by atoms with Crippen molar-refractivity contribution in [3.63, 3.8) is 0 Å². The van der Waals surface area contributed by atoms with E-state index in [1.807, 2.05) is 17.0 Å². The topological polar surface area (TPSA) is 82.2 Å². The normalized spacial score (nSPS) is 20.6. The molecule has 6 heteroatoms. The molecule has 3 N–H and O–H groups in total. The summed E-state index contributed by atoms with van der Waals surface area (Å²) >= 11 is 0. The lowest BCUT2D eigenvalue weighted by Gasteiger charge is -2.38. The number of carbonyl (C=O) groups is 1. The summed E-state index contributed by atoms with van der Waals surface area (Å²) in [6.07, 6.45) is 0.379. The average Bonchev–Trinajstić information content (AvgIpc) is 2.47. The maximum atomic E-state index is 12.4. The SMILES string of the molecule is CC1CN(C)CCN1C(=O)Cc1ccc(/C(N)=N/O)cc1. The Balaban J connectivity index is 1.99. The Morgan fingerprint density at radius 3 is 2.62 bits per heavy atom. The van der Waals surface area contributed by atoms with Crippen molar-refractivity contribution in [2.45, 2.75) is 19.4 Å². The molecule has 0 bridgehead atoms. The molecule has 0 aliphatic carbocycles. The molecule has 1 aliphatic heterocycles. The number of rotatable bonds is 3. The van der Waals surface area contributed by atoms with Crippen LogP contribution in [0.4, 0.5) is 0 Å². The maximum absolute atomic E-state index is 12.4. The second kappa shape index (κ2) is 6.58. The number of nitrogens with two attached hydrogens (primary N) is 1. The van der Waals surface area contributed by atoms with Gasteiger partial charge in [-0.05, 0) is 19.5 Å². The van der Waals surface area contributed by atoms with Gasteiger partial charge >= 0.3 is 0 Å². The summed E-state index contributed by atoms with van der Waals surface area (Å²) in [5.41, 5.74) is 7.09. The number of nitrogens with zero attached hydrogens (tertiary/aromatic N) is 3.